The highest BCUT2D eigenvalue weighted by Gasteiger charge is 2.40. The van der Waals surface area contributed by atoms with Crippen LogP contribution in [0.15, 0.2) is 24.3 Å². The summed E-state index contributed by atoms with van der Waals surface area (Å²) in [6, 6.07) is 10.1. The second-order valence-electron chi connectivity index (χ2n) is 5.29. The molecule has 0 amide bonds. The Morgan fingerprint density at radius 2 is 2.00 bits per heavy atom. The van der Waals surface area contributed by atoms with Gasteiger partial charge in [0.2, 0.25) is 0 Å². The average Bonchev–Trinajstić information content (AvgIpc) is 2.37. The third kappa shape index (κ3) is 1.89. The third-order valence-corrected chi connectivity index (χ3v) is 4.02. The highest BCUT2D eigenvalue weighted by atomic mass is 15.2. The number of benzene rings is 1. The molecule has 2 fully saturated rings. The van der Waals surface area contributed by atoms with E-state index in [1.807, 2.05) is 12.1 Å². The molecule has 1 N–H and O–H groups in total. The monoisotopic (exact) mass is 227 g/mol. The van der Waals surface area contributed by atoms with E-state index in [9.17, 15) is 0 Å². The van der Waals surface area contributed by atoms with Gasteiger partial charge >= 0.3 is 0 Å². The van der Waals surface area contributed by atoms with Crippen LogP contribution in [0, 0.1) is 16.7 Å². The van der Waals surface area contributed by atoms with Crippen molar-refractivity contribution < 1.29 is 0 Å². The maximum absolute atomic E-state index is 8.80. The maximum atomic E-state index is 8.80. The number of nitriles is 1. The van der Waals surface area contributed by atoms with Gasteiger partial charge in [0.05, 0.1) is 11.6 Å². The minimum atomic E-state index is 0.520. The first-order chi connectivity index (χ1) is 8.31. The van der Waals surface area contributed by atoms with Crippen molar-refractivity contribution in [1.82, 2.24) is 5.32 Å². The molecule has 2 aliphatic rings. The fourth-order valence-electron chi connectivity index (χ4n) is 2.94. The fourth-order valence-corrected chi connectivity index (χ4v) is 2.94. The molecule has 1 aromatic rings. The molecule has 0 aromatic heterocycles. The third-order valence-electron chi connectivity index (χ3n) is 4.02. The summed E-state index contributed by atoms with van der Waals surface area (Å²) in [7, 11) is 0. The van der Waals surface area contributed by atoms with Gasteiger partial charge in [0.1, 0.15) is 0 Å². The lowest BCUT2D eigenvalue weighted by atomic mass is 9.75. The van der Waals surface area contributed by atoms with E-state index < -0.39 is 0 Å². The average molecular weight is 227 g/mol. The van der Waals surface area contributed by atoms with E-state index in [2.05, 4.69) is 28.4 Å². The van der Waals surface area contributed by atoms with E-state index in [-0.39, 0.29) is 0 Å². The van der Waals surface area contributed by atoms with Gasteiger partial charge in [-0.05, 0) is 37.1 Å². The van der Waals surface area contributed by atoms with Crippen LogP contribution in [-0.4, -0.2) is 26.2 Å². The Hall–Kier alpha value is -1.53. The first-order valence-electron chi connectivity index (χ1n) is 6.27. The topological polar surface area (TPSA) is 39.1 Å². The fraction of sp³-hybridized carbons (Fsp3) is 0.500. The van der Waals surface area contributed by atoms with Crippen molar-refractivity contribution in [1.29, 1.82) is 5.26 Å². The number of nitrogens with one attached hydrogen (secondary N) is 1. The smallest absolute Gasteiger partial charge is 0.0991 e. The van der Waals surface area contributed by atoms with Crippen molar-refractivity contribution >= 4 is 5.69 Å². The zero-order valence-electron chi connectivity index (χ0n) is 9.95. The van der Waals surface area contributed by atoms with Gasteiger partial charge in [0.15, 0.2) is 0 Å². The summed E-state index contributed by atoms with van der Waals surface area (Å²) in [5, 5.41) is 12.2. The van der Waals surface area contributed by atoms with Crippen molar-refractivity contribution in [3.8, 4) is 6.07 Å². The molecule has 17 heavy (non-hydrogen) atoms. The normalized spacial score (nSPS) is 21.9. The highest BCUT2D eigenvalue weighted by Crippen LogP contribution is 2.35. The molecule has 88 valence electrons. The van der Waals surface area contributed by atoms with E-state index in [0.717, 1.165) is 18.7 Å². The van der Waals surface area contributed by atoms with Gasteiger partial charge in [-0.15, -0.1) is 0 Å². The van der Waals surface area contributed by atoms with Gasteiger partial charge in [-0.3, -0.25) is 0 Å². The molecule has 2 heterocycles. The molecule has 0 atom stereocenters. The van der Waals surface area contributed by atoms with Crippen molar-refractivity contribution in [3.63, 3.8) is 0 Å². The Labute approximate surface area is 102 Å². The zero-order valence-corrected chi connectivity index (χ0v) is 9.95. The Morgan fingerprint density at radius 1 is 1.24 bits per heavy atom. The van der Waals surface area contributed by atoms with Gasteiger partial charge in [0, 0.05) is 37.3 Å². The Bertz CT molecular complexity index is 440. The number of piperidine rings is 1. The SMILES string of the molecule is N#Cc1ccc(N2CCCC3(CNC3)C2)cc1. The summed E-state index contributed by atoms with van der Waals surface area (Å²) in [4.78, 5) is 2.46. The van der Waals surface area contributed by atoms with Crippen molar-refractivity contribution in [2.45, 2.75) is 12.8 Å². The molecule has 0 bridgehead atoms. The van der Waals surface area contributed by atoms with Gasteiger partial charge in [-0.1, -0.05) is 0 Å². The van der Waals surface area contributed by atoms with Crippen LogP contribution in [0.5, 0.6) is 0 Å². The molecule has 0 aliphatic carbocycles. The number of hydrogen-bond donors (Lipinski definition) is 1. The summed E-state index contributed by atoms with van der Waals surface area (Å²) in [6.07, 6.45) is 2.63. The van der Waals surface area contributed by atoms with Crippen LogP contribution in [-0.2, 0) is 0 Å². The molecule has 1 spiro atoms. The lowest BCUT2D eigenvalue weighted by Gasteiger charge is -2.50. The van der Waals surface area contributed by atoms with Gasteiger partial charge in [-0.2, -0.15) is 5.26 Å². The predicted octanol–water partition coefficient (Wildman–Crippen LogP) is 1.75. The van der Waals surface area contributed by atoms with Crippen LogP contribution in [0.4, 0.5) is 5.69 Å². The van der Waals surface area contributed by atoms with E-state index in [1.54, 1.807) is 0 Å². The van der Waals surface area contributed by atoms with Crippen LogP contribution in [0.25, 0.3) is 0 Å². The summed E-state index contributed by atoms with van der Waals surface area (Å²) in [6.45, 7) is 4.64. The molecule has 0 unspecified atom stereocenters. The summed E-state index contributed by atoms with van der Waals surface area (Å²) < 4.78 is 0. The number of anilines is 1. The lowest BCUT2D eigenvalue weighted by molar-refractivity contribution is 0.138. The summed E-state index contributed by atoms with van der Waals surface area (Å²) >= 11 is 0. The molecule has 2 aliphatic heterocycles. The van der Waals surface area contributed by atoms with Gasteiger partial charge in [0.25, 0.3) is 0 Å². The molecule has 3 nitrogen and oxygen atoms in total. The van der Waals surface area contributed by atoms with E-state index in [4.69, 9.17) is 5.26 Å². The molecular formula is C14H17N3. The number of nitrogens with zero attached hydrogens (tertiary/aromatic N) is 2. The van der Waals surface area contributed by atoms with E-state index >= 15 is 0 Å². The summed E-state index contributed by atoms with van der Waals surface area (Å²) in [5.74, 6) is 0. The van der Waals surface area contributed by atoms with Crippen molar-refractivity contribution in [2.75, 3.05) is 31.1 Å². The maximum Gasteiger partial charge on any atom is 0.0991 e. The van der Waals surface area contributed by atoms with E-state index in [0.29, 0.717) is 5.41 Å². The highest BCUT2D eigenvalue weighted by molar-refractivity contribution is 5.50. The first-order valence-corrected chi connectivity index (χ1v) is 6.27. The van der Waals surface area contributed by atoms with Crippen LogP contribution in [0.1, 0.15) is 18.4 Å². The van der Waals surface area contributed by atoms with Crippen LogP contribution >= 0.6 is 0 Å². The van der Waals surface area contributed by atoms with Gasteiger partial charge < -0.3 is 10.2 Å². The second-order valence-corrected chi connectivity index (χ2v) is 5.29. The minimum absolute atomic E-state index is 0.520. The van der Waals surface area contributed by atoms with Crippen molar-refractivity contribution in [3.05, 3.63) is 29.8 Å². The minimum Gasteiger partial charge on any atom is -0.371 e. The number of rotatable bonds is 1. The van der Waals surface area contributed by atoms with Crippen LogP contribution in [0.3, 0.4) is 0 Å². The Balaban J connectivity index is 1.76. The quantitative estimate of drug-likeness (QED) is 0.794. The Kier molecular flexibility index (Phi) is 2.53. The zero-order chi connectivity index (χ0) is 11.7. The lowest BCUT2D eigenvalue weighted by Crippen LogP contribution is -2.61. The predicted molar refractivity (Wildman–Crippen MR) is 67.9 cm³/mol. The first kappa shape index (κ1) is 10.6. The van der Waals surface area contributed by atoms with Gasteiger partial charge in [-0.25, -0.2) is 0 Å². The molecule has 3 rings (SSSR count). The molecule has 3 heteroatoms. The Morgan fingerprint density at radius 3 is 2.59 bits per heavy atom. The second kappa shape index (κ2) is 4.05. The molecule has 0 saturated carbocycles. The van der Waals surface area contributed by atoms with E-state index in [1.165, 1.54) is 31.6 Å². The molecular weight excluding hydrogens is 210 g/mol. The summed E-state index contributed by atoms with van der Waals surface area (Å²) in [5.41, 5.74) is 2.52. The molecule has 2 saturated heterocycles. The van der Waals surface area contributed by atoms with Crippen molar-refractivity contribution in [2.24, 2.45) is 5.41 Å². The number of hydrogen-bond acceptors (Lipinski definition) is 3. The molecule has 1 aromatic carbocycles. The largest absolute Gasteiger partial charge is 0.371 e. The van der Waals surface area contributed by atoms with Crippen LogP contribution < -0.4 is 10.2 Å². The standard InChI is InChI=1S/C14H17N3/c15-8-12-2-4-13(5-3-12)17-7-1-6-14(11-17)9-16-10-14/h2-5,16H,1,6-7,9-11H2. The van der Waals surface area contributed by atoms with Crippen LogP contribution in [0.2, 0.25) is 0 Å². The molecule has 0 radical (unpaired) electrons.